The van der Waals surface area contributed by atoms with E-state index in [1.54, 1.807) is 6.07 Å². The summed E-state index contributed by atoms with van der Waals surface area (Å²) >= 11 is 3.22. The lowest BCUT2D eigenvalue weighted by Crippen LogP contribution is -2.15. The summed E-state index contributed by atoms with van der Waals surface area (Å²) in [6, 6.07) is 2.92. The highest BCUT2D eigenvalue weighted by Crippen LogP contribution is 2.23. The molecule has 108 valence electrons. The lowest BCUT2D eigenvalue weighted by Gasteiger charge is -2.06. The molecule has 0 amide bonds. The molecule has 10 heteroatoms. The average molecular weight is 400 g/mol. The normalized spacial score (nSPS) is 12.7. The van der Waals surface area contributed by atoms with Crippen molar-refractivity contribution in [3.63, 3.8) is 0 Å². The van der Waals surface area contributed by atoms with Gasteiger partial charge in [-0.05, 0) is 28.1 Å². The van der Waals surface area contributed by atoms with Crippen LogP contribution in [0.25, 0.3) is 11.0 Å². The molecule has 0 unspecified atom stereocenters. The van der Waals surface area contributed by atoms with Gasteiger partial charge in [-0.2, -0.15) is 0 Å². The van der Waals surface area contributed by atoms with Crippen LogP contribution in [0, 0.1) is 0 Å². The van der Waals surface area contributed by atoms with Gasteiger partial charge in [0.05, 0.1) is 21.9 Å². The topological polar surface area (TPSA) is 94.1 Å². The predicted octanol–water partition coefficient (Wildman–Crippen LogP) is 1.73. The zero-order valence-corrected chi connectivity index (χ0v) is 13.8. The number of rotatable bonds is 4. The zero-order chi connectivity index (χ0) is 15.0. The molecule has 2 aromatic heterocycles. The summed E-state index contributed by atoms with van der Waals surface area (Å²) < 4.78 is 46.8. The first-order chi connectivity index (χ1) is 9.19. The standard InChI is InChI=1S/C10H8BrClN2O4S2/c11-7-5-8-10(14-6-7)9(1-2-13-8)19(15,16)3-4-20(12,17)18/h1-2,5-6H,3-4H2. The molecule has 0 bridgehead atoms. The van der Waals surface area contributed by atoms with Crippen LogP contribution in [-0.4, -0.2) is 38.3 Å². The minimum Gasteiger partial charge on any atom is -0.254 e. The largest absolute Gasteiger partial charge is 0.254 e. The molecule has 0 radical (unpaired) electrons. The molecule has 2 rings (SSSR count). The van der Waals surface area contributed by atoms with Crippen molar-refractivity contribution in [2.75, 3.05) is 11.5 Å². The average Bonchev–Trinajstić information content (AvgIpc) is 2.34. The molecule has 2 heterocycles. The number of hydrogen-bond acceptors (Lipinski definition) is 6. The van der Waals surface area contributed by atoms with Gasteiger partial charge in [-0.1, -0.05) is 0 Å². The van der Waals surface area contributed by atoms with Gasteiger partial charge in [0.1, 0.15) is 5.52 Å². The van der Waals surface area contributed by atoms with Gasteiger partial charge in [0.2, 0.25) is 9.05 Å². The molecule has 0 atom stereocenters. The van der Waals surface area contributed by atoms with E-state index in [9.17, 15) is 16.8 Å². The second-order valence-corrected chi connectivity index (χ2v) is 9.78. The number of nitrogens with zero attached hydrogens (tertiary/aromatic N) is 2. The SMILES string of the molecule is O=S(=O)(Cl)CCS(=O)(=O)c1ccnc2cc(Br)cnc12. The van der Waals surface area contributed by atoms with Crippen molar-refractivity contribution in [3.8, 4) is 0 Å². The number of sulfone groups is 1. The van der Waals surface area contributed by atoms with Crippen molar-refractivity contribution in [1.29, 1.82) is 0 Å². The van der Waals surface area contributed by atoms with Gasteiger partial charge in [0.15, 0.2) is 9.84 Å². The van der Waals surface area contributed by atoms with Crippen LogP contribution in [0.2, 0.25) is 0 Å². The number of hydrogen-bond donors (Lipinski definition) is 0. The van der Waals surface area contributed by atoms with Crippen molar-refractivity contribution in [2.24, 2.45) is 0 Å². The third-order valence-corrected chi connectivity index (χ3v) is 6.03. The second kappa shape index (κ2) is 5.55. The predicted molar refractivity (Wildman–Crippen MR) is 78.9 cm³/mol. The van der Waals surface area contributed by atoms with Crippen molar-refractivity contribution in [2.45, 2.75) is 4.90 Å². The first-order valence-corrected chi connectivity index (χ1v) is 10.2. The van der Waals surface area contributed by atoms with Crippen molar-refractivity contribution in [1.82, 2.24) is 9.97 Å². The first-order valence-electron chi connectivity index (χ1n) is 5.24. The quantitative estimate of drug-likeness (QED) is 0.727. The zero-order valence-electron chi connectivity index (χ0n) is 9.82. The Morgan fingerprint density at radius 3 is 2.50 bits per heavy atom. The third kappa shape index (κ3) is 3.66. The van der Waals surface area contributed by atoms with Crippen molar-refractivity contribution < 1.29 is 16.8 Å². The lowest BCUT2D eigenvalue weighted by atomic mass is 10.3. The van der Waals surface area contributed by atoms with Crippen LogP contribution in [0.1, 0.15) is 0 Å². The van der Waals surface area contributed by atoms with Gasteiger partial charge in [0.25, 0.3) is 0 Å². The summed E-state index contributed by atoms with van der Waals surface area (Å²) in [6.45, 7) is 0. The maximum absolute atomic E-state index is 12.2. The maximum atomic E-state index is 12.2. The van der Waals surface area contributed by atoms with Crippen LogP contribution in [0.15, 0.2) is 33.9 Å². The Morgan fingerprint density at radius 2 is 1.85 bits per heavy atom. The van der Waals surface area contributed by atoms with Crippen LogP contribution >= 0.6 is 26.6 Å². The molecule has 6 nitrogen and oxygen atoms in total. The van der Waals surface area contributed by atoms with Crippen molar-refractivity contribution >= 4 is 56.5 Å². The molecule has 0 aliphatic carbocycles. The van der Waals surface area contributed by atoms with Gasteiger partial charge in [-0.15, -0.1) is 0 Å². The molecule has 0 N–H and O–H groups in total. The monoisotopic (exact) mass is 398 g/mol. The van der Waals surface area contributed by atoms with Crippen LogP contribution in [0.5, 0.6) is 0 Å². The summed E-state index contributed by atoms with van der Waals surface area (Å²) in [6.07, 6.45) is 2.78. The summed E-state index contributed by atoms with van der Waals surface area (Å²) in [5.74, 6) is -1.26. The number of pyridine rings is 2. The van der Waals surface area contributed by atoms with Crippen LogP contribution in [-0.2, 0) is 18.9 Å². The number of halogens is 2. The molecule has 0 aliphatic heterocycles. The Morgan fingerprint density at radius 1 is 1.15 bits per heavy atom. The summed E-state index contributed by atoms with van der Waals surface area (Å²) in [5, 5.41) is 0. The van der Waals surface area contributed by atoms with E-state index in [0.29, 0.717) is 9.99 Å². The van der Waals surface area contributed by atoms with E-state index < -0.39 is 30.4 Å². The molecule has 20 heavy (non-hydrogen) atoms. The molecular weight excluding hydrogens is 392 g/mol. The Kier molecular flexibility index (Phi) is 4.33. The molecule has 0 saturated carbocycles. The van der Waals surface area contributed by atoms with Gasteiger partial charge >= 0.3 is 0 Å². The molecule has 2 aromatic rings. The molecule has 0 aromatic carbocycles. The van der Waals surface area contributed by atoms with Gasteiger partial charge in [-0.25, -0.2) is 16.8 Å². The van der Waals surface area contributed by atoms with Gasteiger partial charge in [0, 0.05) is 27.5 Å². The fourth-order valence-electron chi connectivity index (χ4n) is 1.55. The highest BCUT2D eigenvalue weighted by atomic mass is 79.9. The fourth-order valence-corrected chi connectivity index (χ4v) is 5.05. The smallest absolute Gasteiger partial charge is 0.233 e. The molecule has 0 aliphatic rings. The Labute approximate surface area is 128 Å². The van der Waals surface area contributed by atoms with Crippen LogP contribution in [0.3, 0.4) is 0 Å². The van der Waals surface area contributed by atoms with Gasteiger partial charge < -0.3 is 0 Å². The highest BCUT2D eigenvalue weighted by molar-refractivity contribution is 9.10. The minimum absolute atomic E-state index is 0.0599. The first kappa shape index (κ1) is 15.6. The fraction of sp³-hybridized carbons (Fsp3) is 0.200. The van der Waals surface area contributed by atoms with Crippen LogP contribution in [0.4, 0.5) is 0 Å². The van der Waals surface area contributed by atoms with Crippen molar-refractivity contribution in [3.05, 3.63) is 29.0 Å². The Bertz CT molecular complexity index is 868. The van der Waals surface area contributed by atoms with Gasteiger partial charge in [-0.3, -0.25) is 9.97 Å². The van der Waals surface area contributed by atoms with E-state index >= 15 is 0 Å². The van der Waals surface area contributed by atoms with E-state index in [0.717, 1.165) is 0 Å². The molecule has 0 saturated heterocycles. The number of aromatic nitrogens is 2. The summed E-state index contributed by atoms with van der Waals surface area (Å²) in [7, 11) is -2.65. The summed E-state index contributed by atoms with van der Waals surface area (Å²) in [5.41, 5.74) is 0.594. The second-order valence-electron chi connectivity index (χ2n) is 3.89. The van der Waals surface area contributed by atoms with E-state index in [2.05, 4.69) is 25.9 Å². The molecule has 0 fully saturated rings. The van der Waals surface area contributed by atoms with E-state index in [4.69, 9.17) is 10.7 Å². The van der Waals surface area contributed by atoms with E-state index in [1.165, 1.54) is 18.5 Å². The Hall–Kier alpha value is -0.770. The van der Waals surface area contributed by atoms with E-state index in [1.807, 2.05) is 0 Å². The minimum atomic E-state index is -3.88. The Balaban J connectivity index is 2.52. The summed E-state index contributed by atoms with van der Waals surface area (Å²) in [4.78, 5) is 7.98. The molecule has 0 spiro atoms. The highest BCUT2D eigenvalue weighted by Gasteiger charge is 2.21. The lowest BCUT2D eigenvalue weighted by molar-refractivity contribution is 0.593. The number of fused-ring (bicyclic) bond motifs is 1. The third-order valence-electron chi connectivity index (χ3n) is 2.44. The van der Waals surface area contributed by atoms with Crippen LogP contribution < -0.4 is 0 Å². The van der Waals surface area contributed by atoms with E-state index in [-0.39, 0.29) is 10.4 Å². The maximum Gasteiger partial charge on any atom is 0.233 e. The molecular formula is C10H8BrClN2O4S2.